The summed E-state index contributed by atoms with van der Waals surface area (Å²) in [5.41, 5.74) is 14.0. The normalized spacial score (nSPS) is 50.6. The lowest BCUT2D eigenvalue weighted by atomic mass is 9.40. The molecule has 0 aromatic carbocycles. The first-order valence-electron chi connectivity index (χ1n) is 14.9. The van der Waals surface area contributed by atoms with E-state index < -0.39 is 12.2 Å². The Morgan fingerprint density at radius 2 is 1.56 bits per heavy atom. The Bertz CT molecular complexity index is 681. The van der Waals surface area contributed by atoms with Crippen molar-refractivity contribution in [2.24, 2.45) is 51.9 Å². The minimum absolute atomic E-state index is 0.0733. The van der Waals surface area contributed by atoms with Crippen molar-refractivity contribution in [3.8, 4) is 0 Å². The highest BCUT2D eigenvalue weighted by molar-refractivity contribution is 5.18. The number of hydrogen-bond acceptors (Lipinski definition) is 4. The smallest absolute Gasteiger partial charge is 0.0698 e. The second-order valence-electron chi connectivity index (χ2n) is 14.0. The molecule has 4 nitrogen and oxygen atoms in total. The Morgan fingerprint density at radius 1 is 0.853 bits per heavy atom. The van der Waals surface area contributed by atoms with Crippen molar-refractivity contribution in [2.75, 3.05) is 0 Å². The fraction of sp³-hybridized carbons (Fsp3) is 1.00. The fourth-order valence-electron chi connectivity index (χ4n) is 9.45. The maximum atomic E-state index is 11.6. The van der Waals surface area contributed by atoms with Crippen molar-refractivity contribution in [1.82, 2.24) is 0 Å². The molecule has 10 unspecified atom stereocenters. The van der Waals surface area contributed by atoms with Gasteiger partial charge in [-0.2, -0.15) is 0 Å². The second kappa shape index (κ2) is 10.3. The van der Waals surface area contributed by atoms with Crippen LogP contribution in [0.4, 0.5) is 0 Å². The predicted octanol–water partition coefficient (Wildman–Crippen LogP) is 5.77. The van der Waals surface area contributed by atoms with E-state index >= 15 is 0 Å². The first kappa shape index (κ1) is 26.9. The van der Waals surface area contributed by atoms with Crippen molar-refractivity contribution in [2.45, 2.75) is 148 Å². The van der Waals surface area contributed by atoms with Crippen LogP contribution in [0.3, 0.4) is 0 Å². The van der Waals surface area contributed by atoms with E-state index in [0.29, 0.717) is 18.3 Å². The van der Waals surface area contributed by atoms with Gasteiger partial charge in [0.05, 0.1) is 12.2 Å². The molecule has 0 aromatic rings. The van der Waals surface area contributed by atoms with Crippen molar-refractivity contribution < 1.29 is 10.2 Å². The maximum absolute atomic E-state index is 11.6. The average Bonchev–Trinajstić information content (AvgIpc) is 2.81. The van der Waals surface area contributed by atoms with Crippen LogP contribution in [0, 0.1) is 40.4 Å². The first-order chi connectivity index (χ1) is 16.0. The number of aliphatic hydroxyl groups is 2. The van der Waals surface area contributed by atoms with Crippen LogP contribution >= 0.6 is 0 Å². The van der Waals surface area contributed by atoms with E-state index in [2.05, 4.69) is 27.7 Å². The quantitative estimate of drug-likeness (QED) is 0.391. The van der Waals surface area contributed by atoms with Gasteiger partial charge < -0.3 is 21.7 Å². The summed E-state index contributed by atoms with van der Waals surface area (Å²) in [6, 6.07) is -0.355. The number of nitrogens with two attached hydrogens (primary N) is 2. The van der Waals surface area contributed by atoms with Gasteiger partial charge >= 0.3 is 0 Å². The summed E-state index contributed by atoms with van der Waals surface area (Å²) in [6.45, 7) is 9.64. The zero-order valence-electron chi connectivity index (χ0n) is 22.8. The largest absolute Gasteiger partial charge is 0.392 e. The standard InChI is InChI=1S/C30H56N2O2/c1-20-10-9-16-30(32)28(20,3)17-15-21(2)29(30,4)19-24-26(31)25(33)18-23(27(24)34)14-8-13-22-11-6-5-7-12-22/h20-27,33-34H,5-19,31-32H2,1-4H3. The number of fused-ring (bicyclic) bond motifs is 1. The molecule has 0 bridgehead atoms. The topological polar surface area (TPSA) is 92.5 Å². The molecule has 0 amide bonds. The molecular formula is C30H56N2O2. The van der Waals surface area contributed by atoms with Gasteiger partial charge in [-0.25, -0.2) is 0 Å². The van der Waals surface area contributed by atoms with Gasteiger partial charge in [-0.1, -0.05) is 85.5 Å². The average molecular weight is 477 g/mol. The lowest BCUT2D eigenvalue weighted by Crippen LogP contribution is -2.72. The second-order valence-corrected chi connectivity index (χ2v) is 14.0. The highest BCUT2D eigenvalue weighted by atomic mass is 16.3. The highest BCUT2D eigenvalue weighted by Gasteiger charge is 2.64. The highest BCUT2D eigenvalue weighted by Crippen LogP contribution is 2.65. The fourth-order valence-corrected chi connectivity index (χ4v) is 9.45. The van der Waals surface area contributed by atoms with Gasteiger partial charge in [0, 0.05) is 17.5 Å². The van der Waals surface area contributed by atoms with Crippen LogP contribution in [0.25, 0.3) is 0 Å². The van der Waals surface area contributed by atoms with E-state index in [1.54, 1.807) is 0 Å². The third-order valence-electron chi connectivity index (χ3n) is 12.5. The van der Waals surface area contributed by atoms with Crippen molar-refractivity contribution in [1.29, 1.82) is 0 Å². The van der Waals surface area contributed by atoms with Crippen LogP contribution in [0.1, 0.15) is 124 Å². The van der Waals surface area contributed by atoms with Gasteiger partial charge in [-0.15, -0.1) is 0 Å². The molecule has 4 fully saturated rings. The molecule has 0 aromatic heterocycles. The molecule has 4 heteroatoms. The van der Waals surface area contributed by atoms with E-state index in [1.807, 2.05) is 0 Å². The minimum Gasteiger partial charge on any atom is -0.392 e. The molecule has 6 N–H and O–H groups in total. The summed E-state index contributed by atoms with van der Waals surface area (Å²) in [5.74, 6) is 2.09. The summed E-state index contributed by atoms with van der Waals surface area (Å²) in [4.78, 5) is 0. The third kappa shape index (κ3) is 4.52. The van der Waals surface area contributed by atoms with Gasteiger partial charge in [0.25, 0.3) is 0 Å². The lowest BCUT2D eigenvalue weighted by molar-refractivity contribution is -0.153. The van der Waals surface area contributed by atoms with E-state index in [0.717, 1.165) is 25.2 Å². The van der Waals surface area contributed by atoms with E-state index in [-0.39, 0.29) is 34.2 Å². The first-order valence-corrected chi connectivity index (χ1v) is 14.9. The van der Waals surface area contributed by atoms with Gasteiger partial charge in [0.15, 0.2) is 0 Å². The molecule has 4 saturated carbocycles. The SMILES string of the molecule is CC1CCCC2(N)C1(C)CCC(C)C2(C)CC1C(N)C(O)CC(CCCC2CCCCC2)C1O. The van der Waals surface area contributed by atoms with Gasteiger partial charge in [0.1, 0.15) is 0 Å². The molecule has 0 aliphatic heterocycles. The Balaban J connectivity index is 1.49. The molecule has 4 aliphatic carbocycles. The van der Waals surface area contributed by atoms with Crippen molar-refractivity contribution >= 4 is 0 Å². The van der Waals surface area contributed by atoms with Crippen molar-refractivity contribution in [3.63, 3.8) is 0 Å². The number of aliphatic hydroxyl groups excluding tert-OH is 2. The number of rotatable bonds is 6. The molecule has 198 valence electrons. The lowest BCUT2D eigenvalue weighted by Gasteiger charge is -2.67. The Morgan fingerprint density at radius 3 is 2.26 bits per heavy atom. The van der Waals surface area contributed by atoms with Crippen LogP contribution in [-0.2, 0) is 0 Å². The van der Waals surface area contributed by atoms with Crippen LogP contribution in [0.2, 0.25) is 0 Å². The Kier molecular flexibility index (Phi) is 8.15. The van der Waals surface area contributed by atoms with Gasteiger partial charge in [-0.05, 0) is 73.0 Å². The molecular weight excluding hydrogens is 420 g/mol. The van der Waals surface area contributed by atoms with E-state index in [1.165, 1.54) is 70.6 Å². The summed E-state index contributed by atoms with van der Waals surface area (Å²) in [5, 5.41) is 22.6. The van der Waals surface area contributed by atoms with Crippen LogP contribution in [0.15, 0.2) is 0 Å². The molecule has 0 spiro atoms. The predicted molar refractivity (Wildman–Crippen MR) is 141 cm³/mol. The molecule has 4 aliphatic rings. The Hall–Kier alpha value is -0.160. The number of hydrogen-bond donors (Lipinski definition) is 4. The van der Waals surface area contributed by atoms with E-state index in [9.17, 15) is 10.2 Å². The van der Waals surface area contributed by atoms with E-state index in [4.69, 9.17) is 11.5 Å². The maximum Gasteiger partial charge on any atom is 0.0698 e. The zero-order chi connectivity index (χ0) is 24.7. The van der Waals surface area contributed by atoms with Crippen LogP contribution < -0.4 is 11.5 Å². The molecule has 10 atom stereocenters. The Labute approximate surface area is 210 Å². The monoisotopic (exact) mass is 476 g/mol. The summed E-state index contributed by atoms with van der Waals surface area (Å²) < 4.78 is 0. The summed E-state index contributed by atoms with van der Waals surface area (Å²) in [6.07, 6.45) is 16.9. The third-order valence-corrected chi connectivity index (χ3v) is 12.5. The molecule has 0 saturated heterocycles. The molecule has 0 heterocycles. The van der Waals surface area contributed by atoms with Crippen molar-refractivity contribution in [3.05, 3.63) is 0 Å². The summed E-state index contributed by atoms with van der Waals surface area (Å²) in [7, 11) is 0. The molecule has 0 radical (unpaired) electrons. The molecule has 34 heavy (non-hydrogen) atoms. The molecule has 4 rings (SSSR count). The minimum atomic E-state index is -0.513. The van der Waals surface area contributed by atoms with Gasteiger partial charge in [0.2, 0.25) is 0 Å². The van der Waals surface area contributed by atoms with Gasteiger partial charge in [-0.3, -0.25) is 0 Å². The van der Waals surface area contributed by atoms with Crippen LogP contribution in [-0.4, -0.2) is 34.0 Å². The zero-order valence-corrected chi connectivity index (χ0v) is 22.8. The van der Waals surface area contributed by atoms with Crippen LogP contribution in [0.5, 0.6) is 0 Å². The summed E-state index contributed by atoms with van der Waals surface area (Å²) >= 11 is 0.